The molecule has 1 aromatic rings. The second kappa shape index (κ2) is 5.12. The van der Waals surface area contributed by atoms with E-state index in [2.05, 4.69) is 16.0 Å². The van der Waals surface area contributed by atoms with Gasteiger partial charge in [0.25, 0.3) is 0 Å². The molecule has 1 N–H and O–H groups in total. The zero-order chi connectivity index (χ0) is 13.3. The number of aromatic nitrogens is 1. The minimum atomic E-state index is 0.0855. The van der Waals surface area contributed by atoms with Gasteiger partial charge >= 0.3 is 0 Å². The number of hydrogen-bond donors (Lipinski definition) is 1. The van der Waals surface area contributed by atoms with Crippen molar-refractivity contribution in [2.45, 2.75) is 52.1 Å². The number of hydrogen-bond acceptors (Lipinski definition) is 3. The number of aliphatic hydroxyl groups excluding tert-OH is 1. The van der Waals surface area contributed by atoms with Gasteiger partial charge in [0.05, 0.1) is 6.61 Å². The number of anilines is 1. The van der Waals surface area contributed by atoms with E-state index in [-0.39, 0.29) is 6.61 Å². The lowest BCUT2D eigenvalue weighted by Gasteiger charge is -2.40. The molecule has 0 atom stereocenters. The van der Waals surface area contributed by atoms with Crippen LogP contribution in [-0.2, 0) is 6.61 Å². The van der Waals surface area contributed by atoms with Gasteiger partial charge in [-0.25, -0.2) is 4.98 Å². The van der Waals surface area contributed by atoms with Crippen LogP contribution in [0.1, 0.15) is 49.8 Å². The first-order valence-electron chi connectivity index (χ1n) is 7.55. The smallest absolute Gasteiger partial charge is 0.128 e. The second-order valence-corrected chi connectivity index (χ2v) is 6.27. The minimum Gasteiger partial charge on any atom is -0.392 e. The van der Waals surface area contributed by atoms with Crippen molar-refractivity contribution < 1.29 is 5.11 Å². The first kappa shape index (κ1) is 12.9. The molecule has 2 fully saturated rings. The molecule has 0 aromatic carbocycles. The van der Waals surface area contributed by atoms with E-state index in [1.807, 2.05) is 13.0 Å². The number of aryl methyl sites for hydroxylation is 1. The second-order valence-electron chi connectivity index (χ2n) is 6.27. The summed E-state index contributed by atoms with van der Waals surface area (Å²) < 4.78 is 0. The highest BCUT2D eigenvalue weighted by molar-refractivity contribution is 5.42. The molecule has 0 unspecified atom stereocenters. The monoisotopic (exact) mass is 260 g/mol. The molecule has 1 aromatic heterocycles. The minimum absolute atomic E-state index is 0.0855. The van der Waals surface area contributed by atoms with Crippen LogP contribution in [0.4, 0.5) is 5.82 Å². The highest BCUT2D eigenvalue weighted by Crippen LogP contribution is 2.46. The van der Waals surface area contributed by atoms with E-state index in [0.29, 0.717) is 5.41 Å². The van der Waals surface area contributed by atoms with E-state index in [9.17, 15) is 5.11 Å². The van der Waals surface area contributed by atoms with Crippen molar-refractivity contribution in [2.75, 3.05) is 18.0 Å². The van der Waals surface area contributed by atoms with Crippen LogP contribution in [0, 0.1) is 12.3 Å². The van der Waals surface area contributed by atoms with E-state index < -0.39 is 0 Å². The van der Waals surface area contributed by atoms with Gasteiger partial charge in [0, 0.05) is 18.8 Å². The Labute approximate surface area is 115 Å². The number of rotatable bonds is 2. The maximum absolute atomic E-state index is 9.21. The van der Waals surface area contributed by atoms with Gasteiger partial charge in [-0.2, -0.15) is 0 Å². The molecule has 3 heteroatoms. The van der Waals surface area contributed by atoms with Crippen molar-refractivity contribution in [3.8, 4) is 0 Å². The highest BCUT2D eigenvalue weighted by Gasteiger charge is 2.37. The molecule has 104 valence electrons. The fourth-order valence-electron chi connectivity index (χ4n) is 3.76. The molecule has 2 heterocycles. The van der Waals surface area contributed by atoms with E-state index in [4.69, 9.17) is 0 Å². The Bertz CT molecular complexity index is 442. The summed E-state index contributed by atoms with van der Waals surface area (Å²) in [6.07, 6.45) is 8.41. The lowest BCUT2D eigenvalue weighted by Crippen LogP contribution is -2.39. The van der Waals surface area contributed by atoms with Gasteiger partial charge in [0.2, 0.25) is 0 Å². The average Bonchev–Trinajstić information content (AvgIpc) is 2.88. The fourth-order valence-corrected chi connectivity index (χ4v) is 3.76. The number of nitrogens with zero attached hydrogens (tertiary/aromatic N) is 2. The number of pyridine rings is 1. The molecule has 19 heavy (non-hydrogen) atoms. The average molecular weight is 260 g/mol. The zero-order valence-electron chi connectivity index (χ0n) is 11.9. The third kappa shape index (κ3) is 2.48. The van der Waals surface area contributed by atoms with Crippen molar-refractivity contribution in [3.63, 3.8) is 0 Å². The summed E-state index contributed by atoms with van der Waals surface area (Å²) in [7, 11) is 0. The molecule has 0 radical (unpaired) electrons. The van der Waals surface area contributed by atoms with Gasteiger partial charge in [0.15, 0.2) is 0 Å². The van der Waals surface area contributed by atoms with E-state index >= 15 is 0 Å². The van der Waals surface area contributed by atoms with Gasteiger partial charge in [-0.3, -0.25) is 0 Å². The van der Waals surface area contributed by atoms with E-state index in [1.165, 1.54) is 38.5 Å². The molecule has 3 nitrogen and oxygen atoms in total. The quantitative estimate of drug-likeness (QED) is 0.888. The molecule has 0 bridgehead atoms. The summed E-state index contributed by atoms with van der Waals surface area (Å²) in [5, 5.41) is 9.21. The van der Waals surface area contributed by atoms with Gasteiger partial charge in [-0.15, -0.1) is 0 Å². The van der Waals surface area contributed by atoms with Crippen molar-refractivity contribution in [1.29, 1.82) is 0 Å². The SMILES string of the molecule is Cc1nc(N2CCC3(CCCC3)CC2)ccc1CO. The molecule has 2 aliphatic rings. The van der Waals surface area contributed by atoms with Gasteiger partial charge < -0.3 is 10.0 Å². The summed E-state index contributed by atoms with van der Waals surface area (Å²) in [6, 6.07) is 4.07. The summed E-state index contributed by atoms with van der Waals surface area (Å²) in [5.41, 5.74) is 2.56. The third-order valence-corrected chi connectivity index (χ3v) is 5.16. The highest BCUT2D eigenvalue weighted by atomic mass is 16.3. The lowest BCUT2D eigenvalue weighted by molar-refractivity contribution is 0.226. The normalized spacial score (nSPS) is 22.1. The van der Waals surface area contributed by atoms with Crippen molar-refractivity contribution in [3.05, 3.63) is 23.4 Å². The Balaban J connectivity index is 1.69. The van der Waals surface area contributed by atoms with Gasteiger partial charge in [-0.1, -0.05) is 18.9 Å². The third-order valence-electron chi connectivity index (χ3n) is 5.16. The lowest BCUT2D eigenvalue weighted by atomic mass is 9.77. The van der Waals surface area contributed by atoms with Crippen LogP contribution in [0.3, 0.4) is 0 Å². The number of aliphatic hydroxyl groups is 1. The molecule has 1 saturated heterocycles. The molecule has 1 saturated carbocycles. The molecule has 1 aliphatic heterocycles. The predicted molar refractivity (Wildman–Crippen MR) is 77.2 cm³/mol. The molecule has 1 aliphatic carbocycles. The Morgan fingerprint density at radius 3 is 2.42 bits per heavy atom. The van der Waals surface area contributed by atoms with E-state index in [1.54, 1.807) is 0 Å². The van der Waals surface area contributed by atoms with Crippen molar-refractivity contribution in [1.82, 2.24) is 4.98 Å². The Morgan fingerprint density at radius 2 is 1.84 bits per heavy atom. The van der Waals surface area contributed by atoms with Crippen LogP contribution in [0.2, 0.25) is 0 Å². The van der Waals surface area contributed by atoms with Crippen LogP contribution in [0.25, 0.3) is 0 Å². The standard InChI is InChI=1S/C16H24N2O/c1-13-14(12-19)4-5-15(17-13)18-10-8-16(9-11-18)6-2-3-7-16/h4-5,19H,2-3,6-12H2,1H3. The number of piperidine rings is 1. The molecule has 1 spiro atoms. The first-order valence-corrected chi connectivity index (χ1v) is 7.55. The topological polar surface area (TPSA) is 36.4 Å². The van der Waals surface area contributed by atoms with Gasteiger partial charge in [-0.05, 0) is 49.7 Å². The van der Waals surface area contributed by atoms with Crippen LogP contribution in [-0.4, -0.2) is 23.2 Å². The predicted octanol–water partition coefficient (Wildman–Crippen LogP) is 3.04. The largest absolute Gasteiger partial charge is 0.392 e. The van der Waals surface area contributed by atoms with Crippen LogP contribution >= 0.6 is 0 Å². The Hall–Kier alpha value is -1.09. The summed E-state index contributed by atoms with van der Waals surface area (Å²) >= 11 is 0. The summed E-state index contributed by atoms with van der Waals surface area (Å²) in [4.78, 5) is 7.06. The van der Waals surface area contributed by atoms with Crippen molar-refractivity contribution >= 4 is 5.82 Å². The van der Waals surface area contributed by atoms with Crippen molar-refractivity contribution in [2.24, 2.45) is 5.41 Å². The van der Waals surface area contributed by atoms with Crippen LogP contribution in [0.5, 0.6) is 0 Å². The summed E-state index contributed by atoms with van der Waals surface area (Å²) in [5.74, 6) is 1.09. The van der Waals surface area contributed by atoms with Crippen LogP contribution in [0.15, 0.2) is 12.1 Å². The van der Waals surface area contributed by atoms with Crippen LogP contribution < -0.4 is 4.90 Å². The molecule has 0 amide bonds. The molecular weight excluding hydrogens is 236 g/mol. The van der Waals surface area contributed by atoms with Gasteiger partial charge in [0.1, 0.15) is 5.82 Å². The summed E-state index contributed by atoms with van der Waals surface area (Å²) in [6.45, 7) is 4.36. The van der Waals surface area contributed by atoms with E-state index in [0.717, 1.165) is 30.2 Å². The maximum atomic E-state index is 9.21. The maximum Gasteiger partial charge on any atom is 0.128 e. The molecule has 3 rings (SSSR count). The Morgan fingerprint density at radius 1 is 1.16 bits per heavy atom. The Kier molecular flexibility index (Phi) is 3.48. The molecular formula is C16H24N2O. The zero-order valence-corrected chi connectivity index (χ0v) is 11.9. The first-order chi connectivity index (χ1) is 9.22. The fraction of sp³-hybridized carbons (Fsp3) is 0.688.